The van der Waals surface area contributed by atoms with Crippen LogP contribution < -0.4 is 5.32 Å². The van der Waals surface area contributed by atoms with Gasteiger partial charge in [-0.2, -0.15) is 0 Å². The second-order valence-electron chi connectivity index (χ2n) is 4.68. The third-order valence-corrected chi connectivity index (χ3v) is 4.59. The highest BCUT2D eigenvalue weighted by Gasteiger charge is 2.15. The zero-order chi connectivity index (χ0) is 13.9. The lowest BCUT2D eigenvalue weighted by atomic mass is 10.2. The largest absolute Gasteiger partial charge is 0.468 e. The van der Waals surface area contributed by atoms with Crippen LogP contribution in [0.3, 0.4) is 0 Å². The Hall–Kier alpha value is -1.65. The van der Waals surface area contributed by atoms with Crippen molar-refractivity contribution in [2.75, 3.05) is 12.8 Å². The number of hydrogen-bond acceptors (Lipinski definition) is 4. The van der Waals surface area contributed by atoms with E-state index in [4.69, 9.17) is 8.83 Å². The van der Waals surface area contributed by atoms with Gasteiger partial charge in [-0.3, -0.25) is 0 Å². The van der Waals surface area contributed by atoms with Crippen molar-refractivity contribution in [2.45, 2.75) is 17.9 Å². The highest BCUT2D eigenvalue weighted by atomic mass is 32.2. The molecule has 104 valence electrons. The SMILES string of the molecule is CNC(CSc1ccoc1C)c1cc2ccccc2o1. The Kier molecular flexibility index (Phi) is 3.85. The Morgan fingerprint density at radius 3 is 2.80 bits per heavy atom. The smallest absolute Gasteiger partial charge is 0.134 e. The average molecular weight is 287 g/mol. The number of benzene rings is 1. The van der Waals surface area contributed by atoms with Crippen LogP contribution in [0.25, 0.3) is 11.0 Å². The van der Waals surface area contributed by atoms with Gasteiger partial charge in [0.2, 0.25) is 0 Å². The van der Waals surface area contributed by atoms with E-state index in [1.165, 1.54) is 4.90 Å². The van der Waals surface area contributed by atoms with E-state index in [1.807, 2.05) is 38.2 Å². The van der Waals surface area contributed by atoms with E-state index in [0.717, 1.165) is 28.2 Å². The molecule has 1 N–H and O–H groups in total. The molecule has 2 heterocycles. The second kappa shape index (κ2) is 5.77. The number of thioether (sulfide) groups is 1. The lowest BCUT2D eigenvalue weighted by Crippen LogP contribution is -2.17. The summed E-state index contributed by atoms with van der Waals surface area (Å²) in [4.78, 5) is 1.18. The third-order valence-electron chi connectivity index (χ3n) is 3.35. The first kappa shape index (κ1) is 13.3. The average Bonchev–Trinajstić information content (AvgIpc) is 3.06. The predicted molar refractivity (Wildman–Crippen MR) is 82.2 cm³/mol. The molecule has 0 radical (unpaired) electrons. The highest BCUT2D eigenvalue weighted by molar-refractivity contribution is 7.99. The van der Waals surface area contributed by atoms with Gasteiger partial charge in [0.25, 0.3) is 0 Å². The molecule has 0 saturated carbocycles. The number of para-hydroxylation sites is 1. The van der Waals surface area contributed by atoms with Crippen molar-refractivity contribution >= 4 is 22.7 Å². The first-order chi connectivity index (χ1) is 9.78. The molecule has 3 rings (SSSR count). The molecule has 1 atom stereocenters. The van der Waals surface area contributed by atoms with Crippen molar-refractivity contribution in [1.82, 2.24) is 5.32 Å². The molecule has 1 aromatic carbocycles. The van der Waals surface area contributed by atoms with Crippen LogP contribution in [0.2, 0.25) is 0 Å². The summed E-state index contributed by atoms with van der Waals surface area (Å²) in [6, 6.07) is 12.4. The van der Waals surface area contributed by atoms with Crippen LogP contribution in [0.1, 0.15) is 17.6 Å². The number of rotatable bonds is 5. The van der Waals surface area contributed by atoms with Crippen molar-refractivity contribution in [1.29, 1.82) is 0 Å². The maximum Gasteiger partial charge on any atom is 0.134 e. The van der Waals surface area contributed by atoms with Gasteiger partial charge in [-0.25, -0.2) is 0 Å². The van der Waals surface area contributed by atoms with Crippen LogP contribution >= 0.6 is 11.8 Å². The number of hydrogen-bond donors (Lipinski definition) is 1. The number of nitrogens with one attached hydrogen (secondary N) is 1. The fourth-order valence-corrected chi connectivity index (χ4v) is 3.26. The van der Waals surface area contributed by atoms with Crippen molar-refractivity contribution < 1.29 is 8.83 Å². The molecule has 0 aliphatic heterocycles. The number of aryl methyl sites for hydroxylation is 1. The Morgan fingerprint density at radius 2 is 2.10 bits per heavy atom. The summed E-state index contributed by atoms with van der Waals surface area (Å²) in [5.41, 5.74) is 0.937. The summed E-state index contributed by atoms with van der Waals surface area (Å²) < 4.78 is 11.2. The summed E-state index contributed by atoms with van der Waals surface area (Å²) in [6.07, 6.45) is 1.73. The number of furan rings is 2. The molecular weight excluding hydrogens is 270 g/mol. The standard InChI is InChI=1S/C16H17NO2S/c1-11-16(7-8-18-11)20-10-13(17-2)15-9-12-5-3-4-6-14(12)19-15/h3-9,13,17H,10H2,1-2H3. The van der Waals surface area contributed by atoms with Gasteiger partial charge in [-0.1, -0.05) is 18.2 Å². The summed E-state index contributed by atoms with van der Waals surface area (Å²) in [7, 11) is 1.96. The summed E-state index contributed by atoms with van der Waals surface area (Å²) in [6.45, 7) is 1.98. The third kappa shape index (κ3) is 2.62. The maximum atomic E-state index is 5.92. The fraction of sp³-hybridized carbons (Fsp3) is 0.250. The predicted octanol–water partition coefficient (Wildman–Crippen LogP) is 4.39. The van der Waals surface area contributed by atoms with E-state index in [9.17, 15) is 0 Å². The maximum absolute atomic E-state index is 5.92. The van der Waals surface area contributed by atoms with Gasteiger partial charge >= 0.3 is 0 Å². The molecule has 3 aromatic rings. The molecule has 0 fully saturated rings. The first-order valence-corrected chi connectivity index (χ1v) is 7.59. The molecule has 4 heteroatoms. The van der Waals surface area contributed by atoms with Gasteiger partial charge in [0.1, 0.15) is 17.1 Å². The molecule has 2 aromatic heterocycles. The lowest BCUT2D eigenvalue weighted by molar-refractivity contribution is 0.479. The van der Waals surface area contributed by atoms with Crippen molar-refractivity contribution in [2.24, 2.45) is 0 Å². The minimum absolute atomic E-state index is 0.182. The molecule has 0 aliphatic rings. The molecule has 0 saturated heterocycles. The summed E-state index contributed by atoms with van der Waals surface area (Å²) >= 11 is 1.77. The monoisotopic (exact) mass is 287 g/mol. The van der Waals surface area contributed by atoms with Gasteiger partial charge in [-0.15, -0.1) is 11.8 Å². The summed E-state index contributed by atoms with van der Waals surface area (Å²) in [5.74, 6) is 2.84. The topological polar surface area (TPSA) is 38.3 Å². The Balaban J connectivity index is 1.77. The molecule has 1 unspecified atom stereocenters. The second-order valence-corrected chi connectivity index (χ2v) is 5.74. The van der Waals surface area contributed by atoms with E-state index in [1.54, 1.807) is 18.0 Å². The van der Waals surface area contributed by atoms with Crippen LogP contribution in [0.15, 0.2) is 56.4 Å². The minimum atomic E-state index is 0.182. The molecule has 3 nitrogen and oxygen atoms in total. The van der Waals surface area contributed by atoms with Crippen molar-refractivity contribution in [3.05, 3.63) is 54.2 Å². The van der Waals surface area contributed by atoms with Crippen LogP contribution in [0.4, 0.5) is 0 Å². The van der Waals surface area contributed by atoms with Gasteiger partial charge in [-0.05, 0) is 32.2 Å². The van der Waals surface area contributed by atoms with Gasteiger partial charge in [0.15, 0.2) is 0 Å². The van der Waals surface area contributed by atoms with Gasteiger partial charge < -0.3 is 14.2 Å². The molecule has 0 aliphatic carbocycles. The van der Waals surface area contributed by atoms with Crippen LogP contribution in [0, 0.1) is 6.92 Å². The van der Waals surface area contributed by atoms with Crippen molar-refractivity contribution in [3.8, 4) is 0 Å². The van der Waals surface area contributed by atoms with Crippen molar-refractivity contribution in [3.63, 3.8) is 0 Å². The quantitative estimate of drug-likeness (QED) is 0.706. The normalized spacial score (nSPS) is 12.9. The van der Waals surface area contributed by atoms with E-state index in [-0.39, 0.29) is 6.04 Å². The van der Waals surface area contributed by atoms with Crippen LogP contribution in [0.5, 0.6) is 0 Å². The van der Waals surface area contributed by atoms with Crippen LogP contribution in [-0.4, -0.2) is 12.8 Å². The Morgan fingerprint density at radius 1 is 1.25 bits per heavy atom. The number of fused-ring (bicyclic) bond motifs is 1. The van der Waals surface area contributed by atoms with Gasteiger partial charge in [0, 0.05) is 16.0 Å². The molecular formula is C16H17NO2S. The molecule has 20 heavy (non-hydrogen) atoms. The van der Waals surface area contributed by atoms with Gasteiger partial charge in [0.05, 0.1) is 12.3 Å². The minimum Gasteiger partial charge on any atom is -0.468 e. The lowest BCUT2D eigenvalue weighted by Gasteiger charge is -2.12. The Bertz CT molecular complexity index is 668. The molecule has 0 amide bonds. The van der Waals surface area contributed by atoms with E-state index >= 15 is 0 Å². The summed E-state index contributed by atoms with van der Waals surface area (Å²) in [5, 5.41) is 4.46. The molecule has 0 spiro atoms. The first-order valence-electron chi connectivity index (χ1n) is 6.60. The molecule has 0 bridgehead atoms. The van der Waals surface area contributed by atoms with E-state index in [2.05, 4.69) is 17.4 Å². The zero-order valence-corrected chi connectivity index (χ0v) is 12.4. The van der Waals surface area contributed by atoms with Crippen LogP contribution in [-0.2, 0) is 0 Å². The highest BCUT2D eigenvalue weighted by Crippen LogP contribution is 2.30. The van der Waals surface area contributed by atoms with E-state index < -0.39 is 0 Å². The zero-order valence-electron chi connectivity index (χ0n) is 11.6. The fourth-order valence-electron chi connectivity index (χ4n) is 2.18. The Labute approximate surface area is 122 Å². The van der Waals surface area contributed by atoms with E-state index in [0.29, 0.717) is 0 Å².